The van der Waals surface area contributed by atoms with Gasteiger partial charge in [0.25, 0.3) is 0 Å². The summed E-state index contributed by atoms with van der Waals surface area (Å²) < 4.78 is 6.07. The van der Waals surface area contributed by atoms with Gasteiger partial charge in [-0.2, -0.15) is 0 Å². The number of hydrogen-bond donors (Lipinski definition) is 2. The Morgan fingerprint density at radius 2 is 2.06 bits per heavy atom. The first-order valence-electron chi connectivity index (χ1n) is 6.56. The van der Waals surface area contributed by atoms with E-state index in [1.807, 2.05) is 0 Å². The Bertz CT molecular complexity index is 261. The average molecular weight is 224 g/mol. The maximum Gasteiger partial charge on any atom is 0.0911 e. The van der Waals surface area contributed by atoms with Gasteiger partial charge in [-0.25, -0.2) is 0 Å². The second-order valence-electron chi connectivity index (χ2n) is 5.81. The number of nitrogens with two attached hydrogens (primary N) is 1. The fourth-order valence-electron chi connectivity index (χ4n) is 2.77. The Morgan fingerprint density at radius 3 is 2.62 bits per heavy atom. The van der Waals surface area contributed by atoms with Crippen molar-refractivity contribution in [1.82, 2.24) is 0 Å². The molecule has 0 heterocycles. The van der Waals surface area contributed by atoms with E-state index < -0.39 is 0 Å². The molecule has 16 heavy (non-hydrogen) atoms. The zero-order chi connectivity index (χ0) is 11.6. The van der Waals surface area contributed by atoms with E-state index in [0.29, 0.717) is 17.9 Å². The van der Waals surface area contributed by atoms with Crippen molar-refractivity contribution in [3.63, 3.8) is 0 Å². The summed E-state index contributed by atoms with van der Waals surface area (Å²) in [5, 5.41) is 7.37. The smallest absolute Gasteiger partial charge is 0.0911 e. The van der Waals surface area contributed by atoms with Crippen LogP contribution >= 0.6 is 0 Å². The van der Waals surface area contributed by atoms with Crippen molar-refractivity contribution in [3.05, 3.63) is 0 Å². The molecule has 0 radical (unpaired) electrons. The second-order valence-corrected chi connectivity index (χ2v) is 5.81. The largest absolute Gasteiger partial charge is 0.388 e. The third-order valence-electron chi connectivity index (χ3n) is 4.16. The van der Waals surface area contributed by atoms with Gasteiger partial charge in [0, 0.05) is 11.8 Å². The third kappa shape index (κ3) is 2.97. The molecule has 3 nitrogen and oxygen atoms in total. The summed E-state index contributed by atoms with van der Waals surface area (Å²) in [6.07, 6.45) is 8.77. The molecule has 0 aliphatic heterocycles. The molecule has 2 atom stereocenters. The molecule has 3 N–H and O–H groups in total. The molecule has 0 saturated heterocycles. The van der Waals surface area contributed by atoms with Gasteiger partial charge in [-0.3, -0.25) is 5.41 Å². The van der Waals surface area contributed by atoms with E-state index in [2.05, 4.69) is 6.92 Å². The zero-order valence-corrected chi connectivity index (χ0v) is 10.3. The fraction of sp³-hybridized carbons (Fsp3) is 0.923. The Labute approximate surface area is 98.2 Å². The lowest BCUT2D eigenvalue weighted by Gasteiger charge is -2.30. The Morgan fingerprint density at radius 1 is 1.38 bits per heavy atom. The van der Waals surface area contributed by atoms with E-state index >= 15 is 0 Å². The molecule has 0 amide bonds. The first kappa shape index (κ1) is 11.9. The van der Waals surface area contributed by atoms with Crippen molar-refractivity contribution in [2.24, 2.45) is 17.1 Å². The minimum Gasteiger partial charge on any atom is -0.388 e. The van der Waals surface area contributed by atoms with Crippen LogP contribution in [0.25, 0.3) is 0 Å². The lowest BCUT2D eigenvalue weighted by atomic mass is 9.88. The zero-order valence-electron chi connectivity index (χ0n) is 10.3. The highest BCUT2D eigenvalue weighted by Crippen LogP contribution is 2.49. The van der Waals surface area contributed by atoms with Gasteiger partial charge in [0.2, 0.25) is 0 Å². The van der Waals surface area contributed by atoms with Crippen LogP contribution in [0.2, 0.25) is 0 Å². The first-order chi connectivity index (χ1) is 7.61. The number of hydrogen-bond acceptors (Lipinski definition) is 2. The molecule has 0 aromatic rings. The molecule has 2 saturated carbocycles. The summed E-state index contributed by atoms with van der Waals surface area (Å²) in [6.45, 7) is 3.12. The van der Waals surface area contributed by atoms with Gasteiger partial charge in [-0.05, 0) is 31.6 Å². The molecular weight excluding hydrogens is 200 g/mol. The van der Waals surface area contributed by atoms with Crippen molar-refractivity contribution < 1.29 is 4.74 Å². The summed E-state index contributed by atoms with van der Waals surface area (Å²) in [7, 11) is 0. The van der Waals surface area contributed by atoms with Crippen LogP contribution in [-0.2, 0) is 4.74 Å². The molecule has 2 aliphatic rings. The van der Waals surface area contributed by atoms with Gasteiger partial charge in [0.05, 0.1) is 18.5 Å². The molecule has 2 fully saturated rings. The SMILES string of the molecule is CC1CCCCC1OCC1(CC(=N)N)CC1. The van der Waals surface area contributed by atoms with E-state index in [1.165, 1.54) is 38.5 Å². The molecule has 2 rings (SSSR count). The van der Waals surface area contributed by atoms with E-state index in [-0.39, 0.29) is 5.41 Å². The van der Waals surface area contributed by atoms with E-state index in [1.54, 1.807) is 0 Å². The lowest BCUT2D eigenvalue weighted by Crippen LogP contribution is -2.29. The molecule has 3 heteroatoms. The number of nitrogens with one attached hydrogen (secondary N) is 1. The van der Waals surface area contributed by atoms with E-state index in [9.17, 15) is 0 Å². The van der Waals surface area contributed by atoms with Crippen LogP contribution in [0.1, 0.15) is 51.9 Å². The summed E-state index contributed by atoms with van der Waals surface area (Å²) in [5.74, 6) is 1.03. The fourth-order valence-corrected chi connectivity index (χ4v) is 2.77. The quantitative estimate of drug-likeness (QED) is 0.557. The van der Waals surface area contributed by atoms with Gasteiger partial charge < -0.3 is 10.5 Å². The van der Waals surface area contributed by atoms with Crippen molar-refractivity contribution >= 4 is 5.84 Å². The van der Waals surface area contributed by atoms with Gasteiger partial charge >= 0.3 is 0 Å². The minimum atomic E-state index is 0.239. The molecule has 0 bridgehead atoms. The van der Waals surface area contributed by atoms with Crippen LogP contribution in [0.5, 0.6) is 0 Å². The molecule has 0 aromatic heterocycles. The highest BCUT2D eigenvalue weighted by atomic mass is 16.5. The van der Waals surface area contributed by atoms with Crippen LogP contribution in [0.3, 0.4) is 0 Å². The second kappa shape index (κ2) is 4.74. The first-order valence-corrected chi connectivity index (χ1v) is 6.56. The summed E-state index contributed by atoms with van der Waals surface area (Å²) >= 11 is 0. The van der Waals surface area contributed by atoms with Crippen molar-refractivity contribution in [1.29, 1.82) is 5.41 Å². The molecule has 92 valence electrons. The van der Waals surface area contributed by atoms with Crippen molar-refractivity contribution in [2.75, 3.05) is 6.61 Å². The minimum absolute atomic E-state index is 0.239. The lowest BCUT2D eigenvalue weighted by molar-refractivity contribution is -0.0258. The van der Waals surface area contributed by atoms with E-state index in [4.69, 9.17) is 15.9 Å². The maximum absolute atomic E-state index is 7.37. The number of amidine groups is 1. The van der Waals surface area contributed by atoms with Crippen LogP contribution < -0.4 is 5.73 Å². The van der Waals surface area contributed by atoms with Crippen LogP contribution in [0, 0.1) is 16.7 Å². The molecule has 0 spiro atoms. The van der Waals surface area contributed by atoms with Gasteiger partial charge in [-0.1, -0.05) is 19.8 Å². The summed E-state index contributed by atoms with van der Waals surface area (Å²) in [6, 6.07) is 0. The summed E-state index contributed by atoms with van der Waals surface area (Å²) in [5.41, 5.74) is 5.72. The Kier molecular flexibility index (Phi) is 3.53. The normalized spacial score (nSPS) is 32.3. The third-order valence-corrected chi connectivity index (χ3v) is 4.16. The topological polar surface area (TPSA) is 59.1 Å². The van der Waals surface area contributed by atoms with Gasteiger partial charge in [0.1, 0.15) is 0 Å². The Hall–Kier alpha value is -0.570. The average Bonchev–Trinajstić information content (AvgIpc) is 2.96. The monoisotopic (exact) mass is 224 g/mol. The summed E-state index contributed by atoms with van der Waals surface area (Å²) in [4.78, 5) is 0. The molecular formula is C13H24N2O. The standard InChI is InChI=1S/C13H24N2O/c1-10-4-2-3-5-11(10)16-9-13(6-7-13)8-12(14)15/h10-11H,2-9H2,1H3,(H3,14,15). The Balaban J connectivity index is 1.76. The van der Waals surface area contributed by atoms with Crippen LogP contribution in [0.15, 0.2) is 0 Å². The van der Waals surface area contributed by atoms with Crippen LogP contribution in [-0.4, -0.2) is 18.5 Å². The van der Waals surface area contributed by atoms with Gasteiger partial charge in [0.15, 0.2) is 0 Å². The molecule has 2 aliphatic carbocycles. The number of rotatable bonds is 5. The maximum atomic E-state index is 7.37. The van der Waals surface area contributed by atoms with E-state index in [0.717, 1.165) is 13.0 Å². The highest BCUT2D eigenvalue weighted by molar-refractivity contribution is 5.78. The predicted octanol–water partition coefficient (Wildman–Crippen LogP) is 2.69. The van der Waals surface area contributed by atoms with Gasteiger partial charge in [-0.15, -0.1) is 0 Å². The molecule has 0 aromatic carbocycles. The van der Waals surface area contributed by atoms with Crippen molar-refractivity contribution in [2.45, 2.75) is 58.0 Å². The highest BCUT2D eigenvalue weighted by Gasteiger charge is 2.44. The molecule has 2 unspecified atom stereocenters. The predicted molar refractivity (Wildman–Crippen MR) is 65.6 cm³/mol. The number of ether oxygens (including phenoxy) is 1. The van der Waals surface area contributed by atoms with Crippen LogP contribution in [0.4, 0.5) is 0 Å². The van der Waals surface area contributed by atoms with Crippen molar-refractivity contribution in [3.8, 4) is 0 Å².